The molecule has 0 spiro atoms. The second-order valence-electron chi connectivity index (χ2n) is 2.55. The Morgan fingerprint density at radius 2 is 2.40 bits per heavy atom. The summed E-state index contributed by atoms with van der Waals surface area (Å²) in [5, 5.41) is 11.5. The van der Waals surface area contributed by atoms with Gasteiger partial charge in [0.1, 0.15) is 0 Å². The molecule has 1 rings (SSSR count). The first kappa shape index (κ1) is 11.2. The zero-order chi connectivity index (χ0) is 11.1. The molecule has 0 radical (unpaired) electrons. The minimum atomic E-state index is 0.548. The van der Waals surface area contributed by atoms with Gasteiger partial charge in [-0.1, -0.05) is 23.7 Å². The summed E-state index contributed by atoms with van der Waals surface area (Å²) in [7, 11) is 0. The Morgan fingerprint density at radius 3 is 3.00 bits per heavy atom. The zero-order valence-corrected chi connectivity index (χ0v) is 9.01. The van der Waals surface area contributed by atoms with E-state index in [1.807, 2.05) is 30.6 Å². The van der Waals surface area contributed by atoms with E-state index in [-0.39, 0.29) is 0 Å². The second-order valence-corrected chi connectivity index (χ2v) is 3.35. The Kier molecular flexibility index (Phi) is 4.28. The molecule has 0 aliphatic heterocycles. The lowest BCUT2D eigenvalue weighted by Crippen LogP contribution is -2.12. The SMILES string of the molecule is C#Cc1cccc(N=C(NC#N)SC)c1. The molecule has 1 N–H and O–H groups in total. The van der Waals surface area contributed by atoms with E-state index >= 15 is 0 Å². The molecule has 0 amide bonds. The van der Waals surface area contributed by atoms with Crippen LogP contribution in [0.4, 0.5) is 5.69 Å². The molecule has 4 heteroatoms. The van der Waals surface area contributed by atoms with Crippen molar-refractivity contribution in [1.82, 2.24) is 5.32 Å². The monoisotopic (exact) mass is 215 g/mol. The van der Waals surface area contributed by atoms with Crippen LogP contribution in [0.3, 0.4) is 0 Å². The molecular weight excluding hydrogens is 206 g/mol. The van der Waals surface area contributed by atoms with Crippen molar-refractivity contribution in [1.29, 1.82) is 5.26 Å². The maximum absolute atomic E-state index is 8.46. The normalized spacial score (nSPS) is 10.2. The Morgan fingerprint density at radius 1 is 1.60 bits per heavy atom. The van der Waals surface area contributed by atoms with Crippen LogP contribution in [0.2, 0.25) is 0 Å². The quantitative estimate of drug-likeness (QED) is 0.256. The summed E-state index contributed by atoms with van der Waals surface area (Å²) in [5.41, 5.74) is 1.51. The fourth-order valence-corrected chi connectivity index (χ4v) is 1.30. The van der Waals surface area contributed by atoms with Crippen molar-refractivity contribution in [2.24, 2.45) is 4.99 Å². The lowest BCUT2D eigenvalue weighted by molar-refractivity contribution is 1.28. The van der Waals surface area contributed by atoms with E-state index < -0.39 is 0 Å². The maximum atomic E-state index is 8.46. The smallest absolute Gasteiger partial charge is 0.183 e. The minimum absolute atomic E-state index is 0.548. The highest BCUT2D eigenvalue weighted by Crippen LogP contribution is 2.15. The van der Waals surface area contributed by atoms with Gasteiger partial charge in [-0.15, -0.1) is 6.42 Å². The van der Waals surface area contributed by atoms with E-state index in [1.165, 1.54) is 11.8 Å². The molecule has 0 unspecified atom stereocenters. The first-order chi connectivity index (χ1) is 7.30. The van der Waals surface area contributed by atoms with Crippen LogP contribution in [0.1, 0.15) is 5.56 Å². The number of rotatable bonds is 1. The third-order valence-corrected chi connectivity index (χ3v) is 2.18. The Bertz CT molecular complexity index is 452. The van der Waals surface area contributed by atoms with E-state index in [0.717, 1.165) is 11.3 Å². The molecule has 0 heterocycles. The number of hydrogen-bond donors (Lipinski definition) is 1. The highest BCUT2D eigenvalue weighted by atomic mass is 32.2. The van der Waals surface area contributed by atoms with Crippen LogP contribution >= 0.6 is 11.8 Å². The van der Waals surface area contributed by atoms with Crippen molar-refractivity contribution in [3.63, 3.8) is 0 Å². The van der Waals surface area contributed by atoms with Gasteiger partial charge in [-0.2, -0.15) is 5.26 Å². The van der Waals surface area contributed by atoms with Gasteiger partial charge in [-0.3, -0.25) is 5.32 Å². The second kappa shape index (κ2) is 5.74. The number of amidine groups is 1. The van der Waals surface area contributed by atoms with Crippen LogP contribution in [0.15, 0.2) is 29.3 Å². The predicted octanol–water partition coefficient (Wildman–Crippen LogP) is 2.09. The predicted molar refractivity (Wildman–Crippen MR) is 63.7 cm³/mol. The van der Waals surface area contributed by atoms with E-state index in [1.54, 1.807) is 6.07 Å². The van der Waals surface area contributed by atoms with Crippen molar-refractivity contribution in [2.45, 2.75) is 0 Å². The number of nitriles is 1. The number of terminal acetylenes is 1. The number of hydrogen-bond acceptors (Lipinski definition) is 3. The summed E-state index contributed by atoms with van der Waals surface area (Å²) < 4.78 is 0. The molecule has 0 bridgehead atoms. The van der Waals surface area contributed by atoms with Crippen LogP contribution in [-0.4, -0.2) is 11.4 Å². The van der Waals surface area contributed by atoms with Gasteiger partial charge in [-0.25, -0.2) is 4.99 Å². The van der Waals surface area contributed by atoms with Crippen LogP contribution in [0.5, 0.6) is 0 Å². The molecule has 0 aliphatic rings. The molecule has 1 aromatic rings. The van der Waals surface area contributed by atoms with Crippen LogP contribution in [-0.2, 0) is 0 Å². The van der Waals surface area contributed by atoms with Gasteiger partial charge in [0.25, 0.3) is 0 Å². The average Bonchev–Trinajstić information content (AvgIpc) is 2.29. The first-order valence-electron chi connectivity index (χ1n) is 4.14. The van der Waals surface area contributed by atoms with E-state index in [0.29, 0.717) is 5.17 Å². The van der Waals surface area contributed by atoms with Crippen molar-refractivity contribution >= 4 is 22.6 Å². The van der Waals surface area contributed by atoms with Gasteiger partial charge in [-0.05, 0) is 24.5 Å². The zero-order valence-electron chi connectivity index (χ0n) is 8.19. The molecule has 0 saturated carbocycles. The topological polar surface area (TPSA) is 48.2 Å². The number of nitrogens with zero attached hydrogens (tertiary/aromatic N) is 2. The number of thioether (sulfide) groups is 1. The van der Waals surface area contributed by atoms with E-state index in [9.17, 15) is 0 Å². The molecule has 1 aromatic carbocycles. The Balaban J connectivity index is 2.97. The van der Waals surface area contributed by atoms with Gasteiger partial charge in [0.15, 0.2) is 11.4 Å². The van der Waals surface area contributed by atoms with Gasteiger partial charge >= 0.3 is 0 Å². The van der Waals surface area contributed by atoms with Crippen molar-refractivity contribution in [3.05, 3.63) is 29.8 Å². The molecule has 0 atom stereocenters. The molecule has 74 valence electrons. The minimum Gasteiger partial charge on any atom is -0.271 e. The first-order valence-corrected chi connectivity index (χ1v) is 5.37. The number of aliphatic imine (C=N–C) groups is 1. The third kappa shape index (κ3) is 3.38. The summed E-state index contributed by atoms with van der Waals surface area (Å²) >= 11 is 1.37. The van der Waals surface area contributed by atoms with Crippen LogP contribution in [0, 0.1) is 23.8 Å². The average molecular weight is 215 g/mol. The molecule has 0 aliphatic carbocycles. The fraction of sp³-hybridized carbons (Fsp3) is 0.0909. The Labute approximate surface area is 93.2 Å². The Hall–Kier alpha value is -1.91. The van der Waals surface area contributed by atoms with Gasteiger partial charge < -0.3 is 0 Å². The maximum Gasteiger partial charge on any atom is 0.183 e. The van der Waals surface area contributed by atoms with Crippen molar-refractivity contribution in [2.75, 3.05) is 6.26 Å². The van der Waals surface area contributed by atoms with E-state index in [2.05, 4.69) is 16.2 Å². The van der Waals surface area contributed by atoms with Gasteiger partial charge in [0.2, 0.25) is 0 Å². The standard InChI is InChI=1S/C11H9N3S/c1-3-9-5-4-6-10(7-9)14-11(15-2)13-8-12/h1,4-7H,2H3,(H,13,14). The molecule has 15 heavy (non-hydrogen) atoms. The summed E-state index contributed by atoms with van der Waals surface area (Å²) in [6.07, 6.45) is 8.94. The number of benzene rings is 1. The molecule has 0 saturated heterocycles. The van der Waals surface area contributed by atoms with Gasteiger partial charge in [0.05, 0.1) is 5.69 Å². The number of nitrogens with one attached hydrogen (secondary N) is 1. The summed E-state index contributed by atoms with van der Waals surface area (Å²) in [6, 6.07) is 7.28. The molecule has 0 fully saturated rings. The highest BCUT2D eigenvalue weighted by Gasteiger charge is 1.96. The summed E-state index contributed by atoms with van der Waals surface area (Å²) in [5.74, 6) is 2.53. The van der Waals surface area contributed by atoms with Crippen LogP contribution < -0.4 is 5.32 Å². The van der Waals surface area contributed by atoms with E-state index in [4.69, 9.17) is 11.7 Å². The van der Waals surface area contributed by atoms with Crippen molar-refractivity contribution < 1.29 is 0 Å². The third-order valence-electron chi connectivity index (χ3n) is 1.60. The summed E-state index contributed by atoms with van der Waals surface area (Å²) in [6.45, 7) is 0. The molecule has 0 aromatic heterocycles. The largest absolute Gasteiger partial charge is 0.271 e. The highest BCUT2D eigenvalue weighted by molar-refractivity contribution is 8.13. The molecular formula is C11H9N3S. The summed E-state index contributed by atoms with van der Waals surface area (Å²) in [4.78, 5) is 4.23. The van der Waals surface area contributed by atoms with Crippen LogP contribution in [0.25, 0.3) is 0 Å². The fourth-order valence-electron chi connectivity index (χ4n) is 0.955. The molecule has 3 nitrogen and oxygen atoms in total. The lowest BCUT2D eigenvalue weighted by atomic mass is 10.2. The lowest BCUT2D eigenvalue weighted by Gasteiger charge is -1.99. The van der Waals surface area contributed by atoms with Crippen molar-refractivity contribution in [3.8, 4) is 18.5 Å². The van der Waals surface area contributed by atoms with Gasteiger partial charge in [0, 0.05) is 5.56 Å².